The Labute approximate surface area is 160 Å². The predicted molar refractivity (Wildman–Crippen MR) is 103 cm³/mol. The van der Waals surface area contributed by atoms with E-state index in [4.69, 9.17) is 0 Å². The first kappa shape index (κ1) is 17.7. The molecule has 7 nitrogen and oxygen atoms in total. The van der Waals surface area contributed by atoms with Crippen molar-refractivity contribution in [2.75, 3.05) is 17.2 Å². The van der Waals surface area contributed by atoms with Gasteiger partial charge in [0.2, 0.25) is 11.8 Å². The average Bonchev–Trinajstić information content (AvgIpc) is 3.30. The van der Waals surface area contributed by atoms with Gasteiger partial charge in [0.15, 0.2) is 5.13 Å². The van der Waals surface area contributed by atoms with E-state index in [1.54, 1.807) is 28.6 Å². The topological polar surface area (TPSA) is 91.4 Å². The minimum Gasteiger partial charge on any atom is -0.327 e. The van der Waals surface area contributed by atoms with E-state index in [9.17, 15) is 14.4 Å². The summed E-state index contributed by atoms with van der Waals surface area (Å²) in [5.74, 6) is -0.339. The highest BCUT2D eigenvalue weighted by molar-refractivity contribution is 7.13. The maximum Gasteiger partial charge on any atom is 0.254 e. The van der Waals surface area contributed by atoms with Gasteiger partial charge in [-0.15, -0.1) is 11.3 Å². The Morgan fingerprint density at radius 3 is 2.96 bits per heavy atom. The van der Waals surface area contributed by atoms with Crippen LogP contribution in [-0.4, -0.2) is 40.2 Å². The molecule has 0 saturated carbocycles. The van der Waals surface area contributed by atoms with Crippen molar-refractivity contribution in [2.24, 2.45) is 0 Å². The molecule has 0 radical (unpaired) electrons. The van der Waals surface area contributed by atoms with Crippen molar-refractivity contribution in [1.29, 1.82) is 0 Å². The summed E-state index contributed by atoms with van der Waals surface area (Å²) in [6, 6.07) is 4.87. The maximum absolute atomic E-state index is 13.0. The van der Waals surface area contributed by atoms with Crippen LogP contribution in [0.15, 0.2) is 29.8 Å². The number of hydrogen-bond donors (Lipinski definition) is 2. The molecule has 1 atom stereocenters. The Kier molecular flexibility index (Phi) is 4.89. The Bertz CT molecular complexity index is 881. The van der Waals surface area contributed by atoms with E-state index in [0.29, 0.717) is 30.1 Å². The molecule has 8 heteroatoms. The van der Waals surface area contributed by atoms with Gasteiger partial charge in [0.25, 0.3) is 5.91 Å². The summed E-state index contributed by atoms with van der Waals surface area (Å²) in [6.45, 7) is 0.558. The lowest BCUT2D eigenvalue weighted by Gasteiger charge is -2.24. The van der Waals surface area contributed by atoms with Crippen LogP contribution in [0.5, 0.6) is 0 Å². The van der Waals surface area contributed by atoms with E-state index in [1.165, 1.54) is 11.3 Å². The van der Waals surface area contributed by atoms with Crippen LogP contribution in [0, 0.1) is 0 Å². The van der Waals surface area contributed by atoms with E-state index in [2.05, 4.69) is 15.6 Å². The third-order valence-electron chi connectivity index (χ3n) is 4.95. The SMILES string of the molecule is O=C1CCCc2cc(C(=O)N3CCCC3C(=O)Nc3nccs3)ccc2N1. The zero-order valence-electron chi connectivity index (χ0n) is 14.7. The summed E-state index contributed by atoms with van der Waals surface area (Å²) in [6.07, 6.45) is 5.07. The van der Waals surface area contributed by atoms with E-state index in [1.807, 2.05) is 6.07 Å². The van der Waals surface area contributed by atoms with Gasteiger partial charge in [0.1, 0.15) is 6.04 Å². The molecule has 1 fully saturated rings. The summed E-state index contributed by atoms with van der Waals surface area (Å²) in [5, 5.41) is 8.00. The van der Waals surface area contributed by atoms with Crippen LogP contribution in [0.25, 0.3) is 0 Å². The highest BCUT2D eigenvalue weighted by Crippen LogP contribution is 2.26. The average molecular weight is 384 g/mol. The predicted octanol–water partition coefficient (Wildman–Crippen LogP) is 2.66. The quantitative estimate of drug-likeness (QED) is 0.851. The molecule has 4 rings (SSSR count). The molecule has 0 bridgehead atoms. The van der Waals surface area contributed by atoms with Gasteiger partial charge in [0, 0.05) is 35.8 Å². The molecular weight excluding hydrogens is 364 g/mol. The summed E-state index contributed by atoms with van der Waals surface area (Å²) < 4.78 is 0. The number of amides is 3. The first-order valence-electron chi connectivity index (χ1n) is 9.06. The number of benzene rings is 1. The van der Waals surface area contributed by atoms with Gasteiger partial charge >= 0.3 is 0 Å². The second kappa shape index (κ2) is 7.48. The molecule has 0 spiro atoms. The number of fused-ring (bicyclic) bond motifs is 1. The normalized spacial score (nSPS) is 19.2. The fraction of sp³-hybridized carbons (Fsp3) is 0.368. The molecule has 140 valence electrons. The zero-order chi connectivity index (χ0) is 18.8. The van der Waals surface area contributed by atoms with Crippen LogP contribution < -0.4 is 10.6 Å². The number of aryl methyl sites for hydroxylation is 1. The number of nitrogens with one attached hydrogen (secondary N) is 2. The number of nitrogens with zero attached hydrogens (tertiary/aromatic N) is 2. The van der Waals surface area contributed by atoms with Crippen molar-refractivity contribution in [3.05, 3.63) is 40.9 Å². The zero-order valence-corrected chi connectivity index (χ0v) is 15.6. The third-order valence-corrected chi connectivity index (χ3v) is 5.64. The Balaban J connectivity index is 1.52. The highest BCUT2D eigenvalue weighted by atomic mass is 32.1. The van der Waals surface area contributed by atoms with Gasteiger partial charge in [0.05, 0.1) is 0 Å². The van der Waals surface area contributed by atoms with Crippen molar-refractivity contribution < 1.29 is 14.4 Å². The molecule has 3 amide bonds. The van der Waals surface area contributed by atoms with Gasteiger partial charge in [-0.2, -0.15) is 0 Å². The van der Waals surface area contributed by atoms with Gasteiger partial charge in [-0.3, -0.25) is 14.4 Å². The summed E-state index contributed by atoms with van der Waals surface area (Å²) in [7, 11) is 0. The van der Waals surface area contributed by atoms with Crippen molar-refractivity contribution in [1.82, 2.24) is 9.88 Å². The van der Waals surface area contributed by atoms with E-state index in [0.717, 1.165) is 30.5 Å². The molecular formula is C19H20N4O3S. The minimum atomic E-state index is -0.486. The van der Waals surface area contributed by atoms with Crippen molar-refractivity contribution in [3.8, 4) is 0 Å². The smallest absolute Gasteiger partial charge is 0.254 e. The molecule has 1 aromatic carbocycles. The lowest BCUT2D eigenvalue weighted by atomic mass is 10.0. The molecule has 0 aliphatic carbocycles. The third kappa shape index (κ3) is 3.71. The Morgan fingerprint density at radius 1 is 1.26 bits per heavy atom. The van der Waals surface area contributed by atoms with Crippen LogP contribution in [0.2, 0.25) is 0 Å². The van der Waals surface area contributed by atoms with E-state index >= 15 is 0 Å². The largest absolute Gasteiger partial charge is 0.327 e. The van der Waals surface area contributed by atoms with E-state index < -0.39 is 6.04 Å². The van der Waals surface area contributed by atoms with Gasteiger partial charge < -0.3 is 15.5 Å². The second-order valence-corrected chi connectivity index (χ2v) is 7.65. The maximum atomic E-state index is 13.0. The first-order valence-corrected chi connectivity index (χ1v) is 9.94. The van der Waals surface area contributed by atoms with Gasteiger partial charge in [-0.25, -0.2) is 4.98 Å². The fourth-order valence-corrected chi connectivity index (χ4v) is 4.16. The number of thiazole rings is 1. The van der Waals surface area contributed by atoms with Crippen molar-refractivity contribution in [2.45, 2.75) is 38.1 Å². The molecule has 1 saturated heterocycles. The number of aromatic nitrogens is 1. The number of rotatable bonds is 3. The van der Waals surface area contributed by atoms with Crippen LogP contribution in [0.1, 0.15) is 41.6 Å². The monoisotopic (exact) mass is 384 g/mol. The molecule has 2 aromatic rings. The highest BCUT2D eigenvalue weighted by Gasteiger charge is 2.35. The minimum absolute atomic E-state index is 0.00583. The van der Waals surface area contributed by atoms with Crippen LogP contribution >= 0.6 is 11.3 Å². The number of carbonyl (C=O) groups is 3. The molecule has 2 aliphatic heterocycles. The summed E-state index contributed by atoms with van der Waals surface area (Å²) in [4.78, 5) is 43.0. The lowest BCUT2D eigenvalue weighted by Crippen LogP contribution is -2.43. The molecule has 1 aromatic heterocycles. The van der Waals surface area contributed by atoms with Crippen LogP contribution in [0.4, 0.5) is 10.8 Å². The molecule has 2 N–H and O–H groups in total. The standard InChI is InChI=1S/C19H20N4O3S/c24-16-5-1-3-12-11-13(6-7-14(12)21-16)18(26)23-9-2-4-15(23)17(25)22-19-20-8-10-27-19/h6-8,10-11,15H,1-5,9H2,(H,21,24)(H,20,22,25). The number of anilines is 2. The molecule has 2 aliphatic rings. The summed E-state index contributed by atoms with van der Waals surface area (Å²) >= 11 is 1.35. The van der Waals surface area contributed by atoms with Crippen molar-refractivity contribution >= 4 is 39.9 Å². The molecule has 27 heavy (non-hydrogen) atoms. The summed E-state index contributed by atoms with van der Waals surface area (Å²) in [5.41, 5.74) is 2.29. The number of likely N-dealkylation sites (tertiary alicyclic amines) is 1. The van der Waals surface area contributed by atoms with Crippen LogP contribution in [-0.2, 0) is 16.0 Å². The second-order valence-electron chi connectivity index (χ2n) is 6.76. The Hall–Kier alpha value is -2.74. The van der Waals surface area contributed by atoms with Crippen LogP contribution in [0.3, 0.4) is 0 Å². The van der Waals surface area contributed by atoms with Gasteiger partial charge in [-0.1, -0.05) is 0 Å². The fourth-order valence-electron chi connectivity index (χ4n) is 3.63. The van der Waals surface area contributed by atoms with Gasteiger partial charge in [-0.05, 0) is 49.4 Å². The Morgan fingerprint density at radius 2 is 2.15 bits per heavy atom. The van der Waals surface area contributed by atoms with E-state index in [-0.39, 0.29) is 17.7 Å². The number of carbonyl (C=O) groups excluding carboxylic acids is 3. The molecule has 1 unspecified atom stereocenters. The molecule has 3 heterocycles. The van der Waals surface area contributed by atoms with Crippen molar-refractivity contribution in [3.63, 3.8) is 0 Å². The number of hydrogen-bond acceptors (Lipinski definition) is 5. The first-order chi connectivity index (χ1) is 13.1. The lowest BCUT2D eigenvalue weighted by molar-refractivity contribution is -0.119.